The molecule has 0 bridgehead atoms. The Morgan fingerprint density at radius 1 is 1.00 bits per heavy atom. The lowest BCUT2D eigenvalue weighted by Gasteiger charge is -2.40. The van der Waals surface area contributed by atoms with Gasteiger partial charge >= 0.3 is 0 Å². The first-order valence-corrected chi connectivity index (χ1v) is 8.54. The Balaban J connectivity index is 1.97. The zero-order valence-electron chi connectivity index (χ0n) is 12.6. The molecule has 2 aliphatic rings. The third-order valence-corrected chi connectivity index (χ3v) is 5.79. The molecule has 0 heterocycles. The van der Waals surface area contributed by atoms with Crippen LogP contribution in [0.1, 0.15) is 84.5 Å². The highest BCUT2D eigenvalue weighted by Gasteiger charge is 2.40. The van der Waals surface area contributed by atoms with Crippen molar-refractivity contribution in [2.75, 3.05) is 6.54 Å². The van der Waals surface area contributed by atoms with Crippen LogP contribution in [0.25, 0.3) is 0 Å². The highest BCUT2D eigenvalue weighted by Crippen LogP contribution is 2.46. The fourth-order valence-electron chi connectivity index (χ4n) is 4.58. The summed E-state index contributed by atoms with van der Waals surface area (Å²) < 4.78 is 0. The van der Waals surface area contributed by atoms with Gasteiger partial charge in [0.25, 0.3) is 0 Å². The Morgan fingerprint density at radius 2 is 1.67 bits per heavy atom. The van der Waals surface area contributed by atoms with Crippen molar-refractivity contribution in [3.05, 3.63) is 0 Å². The van der Waals surface area contributed by atoms with Gasteiger partial charge < -0.3 is 5.32 Å². The van der Waals surface area contributed by atoms with E-state index in [0.29, 0.717) is 5.41 Å². The van der Waals surface area contributed by atoms with E-state index in [1.54, 1.807) is 0 Å². The van der Waals surface area contributed by atoms with Crippen molar-refractivity contribution in [1.82, 2.24) is 5.32 Å². The van der Waals surface area contributed by atoms with Gasteiger partial charge in [0.1, 0.15) is 0 Å². The van der Waals surface area contributed by atoms with E-state index in [9.17, 15) is 0 Å². The van der Waals surface area contributed by atoms with E-state index >= 15 is 0 Å². The standard InChI is InChI=1S/C17H33N/c1-3-17(12-8-9-13-17)16(18-4-2)14-15-10-6-5-7-11-15/h15-16,18H,3-14H2,1-2H3. The van der Waals surface area contributed by atoms with Crippen LogP contribution in [0.4, 0.5) is 0 Å². The maximum atomic E-state index is 3.86. The van der Waals surface area contributed by atoms with Gasteiger partial charge in [0.2, 0.25) is 0 Å². The highest BCUT2D eigenvalue weighted by molar-refractivity contribution is 4.95. The van der Waals surface area contributed by atoms with Crippen molar-refractivity contribution < 1.29 is 0 Å². The minimum Gasteiger partial charge on any atom is -0.314 e. The van der Waals surface area contributed by atoms with Crippen molar-refractivity contribution in [1.29, 1.82) is 0 Å². The van der Waals surface area contributed by atoms with Crippen LogP contribution in [-0.4, -0.2) is 12.6 Å². The fourth-order valence-corrected chi connectivity index (χ4v) is 4.58. The summed E-state index contributed by atoms with van der Waals surface area (Å²) in [5.74, 6) is 1.02. The van der Waals surface area contributed by atoms with Gasteiger partial charge in [0.15, 0.2) is 0 Å². The molecule has 2 saturated carbocycles. The van der Waals surface area contributed by atoms with Crippen molar-refractivity contribution in [3.63, 3.8) is 0 Å². The maximum Gasteiger partial charge on any atom is 0.0126 e. The van der Waals surface area contributed by atoms with Crippen LogP contribution in [0.5, 0.6) is 0 Å². The van der Waals surface area contributed by atoms with Gasteiger partial charge in [-0.1, -0.05) is 58.8 Å². The summed E-state index contributed by atoms with van der Waals surface area (Å²) in [5.41, 5.74) is 0.646. The summed E-state index contributed by atoms with van der Waals surface area (Å²) in [6, 6.07) is 0.804. The number of hydrogen-bond acceptors (Lipinski definition) is 1. The van der Waals surface area contributed by atoms with Crippen LogP contribution < -0.4 is 5.32 Å². The second-order valence-electron chi connectivity index (χ2n) is 6.77. The molecule has 1 atom stereocenters. The SMILES string of the molecule is CCNC(CC1CCCCC1)C1(CC)CCCC1. The average Bonchev–Trinajstić information content (AvgIpc) is 2.89. The maximum absolute atomic E-state index is 3.86. The van der Waals surface area contributed by atoms with Crippen molar-refractivity contribution in [3.8, 4) is 0 Å². The molecule has 0 saturated heterocycles. The third kappa shape index (κ3) is 3.29. The van der Waals surface area contributed by atoms with Gasteiger partial charge in [0, 0.05) is 6.04 Å². The summed E-state index contributed by atoms with van der Waals surface area (Å²) in [5, 5.41) is 3.86. The first kappa shape index (κ1) is 14.4. The van der Waals surface area contributed by atoms with E-state index in [2.05, 4.69) is 19.2 Å². The monoisotopic (exact) mass is 251 g/mol. The molecule has 0 aliphatic heterocycles. The quantitative estimate of drug-likeness (QED) is 0.707. The van der Waals surface area contributed by atoms with E-state index in [4.69, 9.17) is 0 Å². The largest absolute Gasteiger partial charge is 0.314 e. The lowest BCUT2D eigenvalue weighted by atomic mass is 9.71. The molecule has 0 spiro atoms. The molecule has 2 fully saturated rings. The number of rotatable bonds is 6. The van der Waals surface area contributed by atoms with Crippen LogP contribution >= 0.6 is 0 Å². The average molecular weight is 251 g/mol. The van der Waals surface area contributed by atoms with Crippen LogP contribution in [-0.2, 0) is 0 Å². The van der Waals surface area contributed by atoms with Gasteiger partial charge in [-0.15, -0.1) is 0 Å². The molecule has 106 valence electrons. The Bertz CT molecular complexity index is 224. The highest BCUT2D eigenvalue weighted by atomic mass is 14.9. The lowest BCUT2D eigenvalue weighted by molar-refractivity contribution is 0.149. The summed E-state index contributed by atoms with van der Waals surface area (Å²) in [4.78, 5) is 0. The Morgan fingerprint density at radius 3 is 2.22 bits per heavy atom. The molecule has 2 aliphatic carbocycles. The molecule has 0 aromatic rings. The third-order valence-electron chi connectivity index (χ3n) is 5.79. The molecule has 0 aromatic carbocycles. The van der Waals surface area contributed by atoms with Gasteiger partial charge in [-0.3, -0.25) is 0 Å². The van der Waals surface area contributed by atoms with Crippen molar-refractivity contribution in [2.24, 2.45) is 11.3 Å². The molecule has 1 heteroatoms. The van der Waals surface area contributed by atoms with E-state index in [-0.39, 0.29) is 0 Å². The summed E-state index contributed by atoms with van der Waals surface area (Å²) >= 11 is 0. The molecular weight excluding hydrogens is 218 g/mol. The summed E-state index contributed by atoms with van der Waals surface area (Å²) in [6.45, 7) is 5.86. The number of hydrogen-bond donors (Lipinski definition) is 1. The molecule has 18 heavy (non-hydrogen) atoms. The van der Waals surface area contributed by atoms with Crippen LogP contribution in [0.2, 0.25) is 0 Å². The minimum atomic E-state index is 0.646. The Hall–Kier alpha value is -0.0400. The molecule has 1 N–H and O–H groups in total. The van der Waals surface area contributed by atoms with Crippen LogP contribution in [0.15, 0.2) is 0 Å². The molecule has 0 radical (unpaired) electrons. The smallest absolute Gasteiger partial charge is 0.0126 e. The topological polar surface area (TPSA) is 12.0 Å². The van der Waals surface area contributed by atoms with Crippen molar-refractivity contribution in [2.45, 2.75) is 90.5 Å². The van der Waals surface area contributed by atoms with E-state index in [1.165, 1.54) is 70.6 Å². The fraction of sp³-hybridized carbons (Fsp3) is 1.00. The van der Waals surface area contributed by atoms with E-state index in [1.807, 2.05) is 0 Å². The zero-order chi connectivity index (χ0) is 12.8. The van der Waals surface area contributed by atoms with Gasteiger partial charge in [0.05, 0.1) is 0 Å². The lowest BCUT2D eigenvalue weighted by Crippen LogP contribution is -2.45. The first-order valence-electron chi connectivity index (χ1n) is 8.54. The second kappa shape index (κ2) is 6.93. The van der Waals surface area contributed by atoms with E-state index in [0.717, 1.165) is 18.5 Å². The van der Waals surface area contributed by atoms with Crippen LogP contribution in [0.3, 0.4) is 0 Å². The van der Waals surface area contributed by atoms with Crippen molar-refractivity contribution >= 4 is 0 Å². The normalized spacial score (nSPS) is 26.3. The molecule has 0 amide bonds. The van der Waals surface area contributed by atoms with Gasteiger partial charge in [-0.2, -0.15) is 0 Å². The zero-order valence-corrected chi connectivity index (χ0v) is 12.6. The van der Waals surface area contributed by atoms with Gasteiger partial charge in [-0.25, -0.2) is 0 Å². The Kier molecular flexibility index (Phi) is 5.54. The van der Waals surface area contributed by atoms with Gasteiger partial charge in [-0.05, 0) is 43.6 Å². The predicted octanol–water partition coefficient (Wildman–Crippen LogP) is 4.91. The summed E-state index contributed by atoms with van der Waals surface area (Å²) in [6.07, 6.45) is 16.2. The molecular formula is C17H33N. The molecule has 1 nitrogen and oxygen atoms in total. The molecule has 2 rings (SSSR count). The molecule has 0 aromatic heterocycles. The summed E-state index contributed by atoms with van der Waals surface area (Å²) in [7, 11) is 0. The first-order chi connectivity index (χ1) is 8.80. The second-order valence-corrected chi connectivity index (χ2v) is 6.77. The predicted molar refractivity (Wildman–Crippen MR) is 79.8 cm³/mol. The van der Waals surface area contributed by atoms with Crippen LogP contribution in [0, 0.1) is 11.3 Å². The molecule has 1 unspecified atom stereocenters. The minimum absolute atomic E-state index is 0.646. The Labute approximate surface area is 114 Å². The number of nitrogens with one attached hydrogen (secondary N) is 1. The van der Waals surface area contributed by atoms with E-state index < -0.39 is 0 Å².